The fraction of sp³-hybridized carbons (Fsp3) is 0.308. The quantitative estimate of drug-likeness (QED) is 0.426. The molecule has 3 aromatic rings. The highest BCUT2D eigenvalue weighted by atomic mass is 32.1. The molecule has 1 heterocycles. The van der Waals surface area contributed by atoms with Crippen LogP contribution in [0.1, 0.15) is 36.3 Å². The number of amides is 3. The number of anilines is 1. The number of carbonyl (C=O) groups is 2. The third-order valence-corrected chi connectivity index (χ3v) is 6.08. The molecular weight excluding hydrogens is 418 g/mol. The molecule has 0 aliphatic carbocycles. The third kappa shape index (κ3) is 6.95. The molecule has 0 saturated carbocycles. The van der Waals surface area contributed by atoms with Crippen LogP contribution in [0, 0.1) is 0 Å². The molecule has 0 atom stereocenters. The lowest BCUT2D eigenvalue weighted by atomic mass is 10.1. The number of rotatable bonds is 10. The average molecular weight is 450 g/mol. The number of benzene rings is 2. The van der Waals surface area contributed by atoms with Gasteiger partial charge >= 0.3 is 6.03 Å². The molecule has 5 nitrogen and oxygen atoms in total. The molecule has 32 heavy (non-hydrogen) atoms. The molecule has 168 valence electrons. The van der Waals surface area contributed by atoms with Gasteiger partial charge in [-0.2, -0.15) is 0 Å². The molecule has 2 aromatic carbocycles. The van der Waals surface area contributed by atoms with Crippen molar-refractivity contribution in [3.8, 4) is 0 Å². The van der Waals surface area contributed by atoms with Gasteiger partial charge in [-0.3, -0.25) is 4.79 Å². The fourth-order valence-electron chi connectivity index (χ4n) is 3.44. The molecule has 3 rings (SSSR count). The van der Waals surface area contributed by atoms with Gasteiger partial charge in [-0.25, -0.2) is 4.79 Å². The highest BCUT2D eigenvalue weighted by Crippen LogP contribution is 2.16. The molecule has 6 heteroatoms. The fourth-order valence-corrected chi connectivity index (χ4v) is 4.16. The van der Waals surface area contributed by atoms with Crippen molar-refractivity contribution in [2.45, 2.75) is 39.8 Å². The summed E-state index contributed by atoms with van der Waals surface area (Å²) >= 11 is 1.63. The summed E-state index contributed by atoms with van der Waals surface area (Å²) in [6.07, 6.45) is 1.73. The standard InChI is InChI=1S/C26H31N3O2S/c1-3-16-28(26(31)27-23-14-12-21(4-2)13-15-23)20-25(30)29(19-24-11-8-17-32-24)18-22-9-6-5-7-10-22/h5-15,17H,3-4,16,18-20H2,1-2H3,(H,27,31). The topological polar surface area (TPSA) is 52.7 Å². The van der Waals surface area contributed by atoms with Crippen LogP contribution in [0.4, 0.5) is 10.5 Å². The van der Waals surface area contributed by atoms with Gasteiger partial charge in [0.25, 0.3) is 0 Å². The summed E-state index contributed by atoms with van der Waals surface area (Å²) in [5, 5.41) is 4.95. The second kappa shape index (κ2) is 12.1. The van der Waals surface area contributed by atoms with Crippen LogP contribution in [-0.4, -0.2) is 34.8 Å². The van der Waals surface area contributed by atoms with E-state index in [2.05, 4.69) is 12.2 Å². The Kier molecular flexibility index (Phi) is 8.87. The summed E-state index contributed by atoms with van der Waals surface area (Å²) in [6.45, 7) is 5.71. The van der Waals surface area contributed by atoms with E-state index < -0.39 is 0 Å². The molecule has 0 spiro atoms. The molecule has 0 radical (unpaired) electrons. The van der Waals surface area contributed by atoms with Crippen molar-refractivity contribution < 1.29 is 9.59 Å². The maximum atomic E-state index is 13.3. The van der Waals surface area contributed by atoms with Gasteiger partial charge in [-0.1, -0.05) is 62.4 Å². The number of carbonyl (C=O) groups excluding carboxylic acids is 2. The largest absolute Gasteiger partial charge is 0.332 e. The minimum absolute atomic E-state index is 0.0466. The highest BCUT2D eigenvalue weighted by molar-refractivity contribution is 7.09. The minimum Gasteiger partial charge on any atom is -0.332 e. The molecule has 0 saturated heterocycles. The smallest absolute Gasteiger partial charge is 0.322 e. The molecule has 1 aromatic heterocycles. The average Bonchev–Trinajstić information content (AvgIpc) is 3.32. The van der Waals surface area contributed by atoms with Crippen LogP contribution in [0.25, 0.3) is 0 Å². The second-order valence-corrected chi connectivity index (χ2v) is 8.75. The minimum atomic E-state index is -0.250. The van der Waals surface area contributed by atoms with Crippen LogP contribution in [0.5, 0.6) is 0 Å². The Morgan fingerprint density at radius 2 is 1.59 bits per heavy atom. The van der Waals surface area contributed by atoms with E-state index in [9.17, 15) is 9.59 Å². The van der Waals surface area contributed by atoms with Crippen LogP contribution in [0.2, 0.25) is 0 Å². The highest BCUT2D eigenvalue weighted by Gasteiger charge is 2.22. The van der Waals surface area contributed by atoms with Crippen LogP contribution in [-0.2, 0) is 24.3 Å². The van der Waals surface area contributed by atoms with E-state index in [-0.39, 0.29) is 18.5 Å². The van der Waals surface area contributed by atoms with Crippen LogP contribution < -0.4 is 5.32 Å². The summed E-state index contributed by atoms with van der Waals surface area (Å²) in [6, 6.07) is 21.6. The number of nitrogens with zero attached hydrogens (tertiary/aromatic N) is 2. The van der Waals surface area contributed by atoms with E-state index in [4.69, 9.17) is 0 Å². The first-order valence-electron chi connectivity index (χ1n) is 11.1. The molecule has 1 N–H and O–H groups in total. The lowest BCUT2D eigenvalue weighted by Crippen LogP contribution is -2.44. The van der Waals surface area contributed by atoms with Gasteiger partial charge in [0.2, 0.25) is 5.91 Å². The Morgan fingerprint density at radius 3 is 2.22 bits per heavy atom. The van der Waals surface area contributed by atoms with Gasteiger partial charge in [-0.15, -0.1) is 11.3 Å². The van der Waals surface area contributed by atoms with Crippen molar-refractivity contribution in [1.82, 2.24) is 9.80 Å². The summed E-state index contributed by atoms with van der Waals surface area (Å²) in [4.78, 5) is 30.8. The van der Waals surface area contributed by atoms with Crippen molar-refractivity contribution in [1.29, 1.82) is 0 Å². The molecule has 3 amide bonds. The lowest BCUT2D eigenvalue weighted by Gasteiger charge is -2.27. The van der Waals surface area contributed by atoms with Crippen LogP contribution in [0.15, 0.2) is 72.1 Å². The van der Waals surface area contributed by atoms with Gasteiger partial charge in [0.15, 0.2) is 0 Å². The van der Waals surface area contributed by atoms with E-state index in [1.807, 2.05) is 83.9 Å². The summed E-state index contributed by atoms with van der Waals surface area (Å²) in [5.74, 6) is -0.0628. The predicted octanol–water partition coefficient (Wildman–Crippen LogP) is 5.78. The zero-order valence-electron chi connectivity index (χ0n) is 18.8. The molecular formula is C26H31N3O2S. The van der Waals surface area contributed by atoms with Crippen molar-refractivity contribution in [2.24, 2.45) is 0 Å². The van der Waals surface area contributed by atoms with Crippen LogP contribution >= 0.6 is 11.3 Å². The lowest BCUT2D eigenvalue weighted by molar-refractivity contribution is -0.133. The SMILES string of the molecule is CCCN(CC(=O)N(Cc1ccccc1)Cc1cccs1)C(=O)Nc1ccc(CC)cc1. The van der Waals surface area contributed by atoms with Crippen LogP contribution in [0.3, 0.4) is 0 Å². The Balaban J connectivity index is 1.70. The number of aryl methyl sites for hydroxylation is 1. The van der Waals surface area contributed by atoms with Gasteiger partial charge in [0.1, 0.15) is 6.54 Å². The number of thiophene rings is 1. The molecule has 0 unspecified atom stereocenters. The molecule has 0 fully saturated rings. The Bertz CT molecular complexity index is 972. The predicted molar refractivity (Wildman–Crippen MR) is 132 cm³/mol. The summed E-state index contributed by atoms with van der Waals surface area (Å²) in [5.41, 5.74) is 3.02. The molecule has 0 aliphatic heterocycles. The van der Waals surface area contributed by atoms with Gasteiger partial charge in [0, 0.05) is 23.7 Å². The Morgan fingerprint density at radius 1 is 0.844 bits per heavy atom. The summed E-state index contributed by atoms with van der Waals surface area (Å²) in [7, 11) is 0. The van der Waals surface area contributed by atoms with Crippen molar-refractivity contribution >= 4 is 29.0 Å². The van der Waals surface area contributed by atoms with Gasteiger partial charge in [-0.05, 0) is 47.5 Å². The first-order chi connectivity index (χ1) is 15.6. The molecule has 0 bridgehead atoms. The van der Waals surface area contributed by atoms with Crippen molar-refractivity contribution in [3.63, 3.8) is 0 Å². The van der Waals surface area contributed by atoms with Crippen molar-refractivity contribution in [2.75, 3.05) is 18.4 Å². The second-order valence-electron chi connectivity index (χ2n) is 7.72. The monoisotopic (exact) mass is 449 g/mol. The van der Waals surface area contributed by atoms with E-state index in [1.165, 1.54) is 5.56 Å². The first kappa shape index (κ1) is 23.5. The zero-order valence-corrected chi connectivity index (χ0v) is 19.6. The third-order valence-electron chi connectivity index (χ3n) is 5.22. The summed E-state index contributed by atoms with van der Waals surface area (Å²) < 4.78 is 0. The van der Waals surface area contributed by atoms with E-state index in [1.54, 1.807) is 16.2 Å². The Labute approximate surface area is 194 Å². The maximum Gasteiger partial charge on any atom is 0.322 e. The molecule has 0 aliphatic rings. The van der Waals surface area contributed by atoms with E-state index in [0.29, 0.717) is 19.6 Å². The van der Waals surface area contributed by atoms with Crippen molar-refractivity contribution in [3.05, 3.63) is 88.1 Å². The van der Waals surface area contributed by atoms with Gasteiger partial charge < -0.3 is 15.1 Å². The number of hydrogen-bond acceptors (Lipinski definition) is 3. The number of nitrogens with one attached hydrogen (secondary N) is 1. The Hall–Kier alpha value is -3.12. The normalized spacial score (nSPS) is 10.6. The van der Waals surface area contributed by atoms with E-state index >= 15 is 0 Å². The number of hydrogen-bond donors (Lipinski definition) is 1. The number of urea groups is 1. The van der Waals surface area contributed by atoms with E-state index in [0.717, 1.165) is 29.0 Å². The maximum absolute atomic E-state index is 13.3. The zero-order chi connectivity index (χ0) is 22.8. The first-order valence-corrected chi connectivity index (χ1v) is 12.0. The van der Waals surface area contributed by atoms with Gasteiger partial charge in [0.05, 0.1) is 6.54 Å².